The fraction of sp³-hybridized carbons (Fsp3) is 0. The molecule has 26 heavy (non-hydrogen) atoms. The van der Waals surface area contributed by atoms with Crippen LogP contribution in [0.25, 0.3) is 16.9 Å². The molecule has 0 aliphatic rings. The second-order valence-corrected chi connectivity index (χ2v) is 5.61. The van der Waals surface area contributed by atoms with Crippen molar-refractivity contribution >= 4 is 23.1 Å². The van der Waals surface area contributed by atoms with Crippen molar-refractivity contribution < 1.29 is 15.0 Å². The van der Waals surface area contributed by atoms with Gasteiger partial charge in [-0.2, -0.15) is 0 Å². The number of fused-ring (bicyclic) bond motifs is 1. The Labute approximate surface area is 148 Å². The number of anilines is 2. The molecule has 0 saturated heterocycles. The van der Waals surface area contributed by atoms with Crippen LogP contribution in [-0.2, 0) is 0 Å². The molecule has 0 unspecified atom stereocenters. The van der Waals surface area contributed by atoms with Crippen LogP contribution in [0.15, 0.2) is 67.1 Å². The summed E-state index contributed by atoms with van der Waals surface area (Å²) >= 11 is 0. The van der Waals surface area contributed by atoms with Crippen LogP contribution in [0.1, 0.15) is 10.4 Å². The first-order valence-corrected chi connectivity index (χ1v) is 7.85. The van der Waals surface area contributed by atoms with Gasteiger partial charge < -0.3 is 15.5 Å². The molecule has 7 nitrogen and oxygen atoms in total. The van der Waals surface area contributed by atoms with Gasteiger partial charge in [0.2, 0.25) is 0 Å². The average Bonchev–Trinajstić information content (AvgIpc) is 3.01. The number of hydrogen-bond acceptors (Lipinski definition) is 5. The quantitative estimate of drug-likeness (QED) is 0.523. The van der Waals surface area contributed by atoms with Crippen molar-refractivity contribution in [2.45, 2.75) is 0 Å². The van der Waals surface area contributed by atoms with Crippen LogP contribution in [0, 0.1) is 0 Å². The third-order valence-electron chi connectivity index (χ3n) is 4.00. The lowest BCUT2D eigenvalue weighted by molar-refractivity contribution is 0.0698. The Bertz CT molecular complexity index is 1120. The largest absolute Gasteiger partial charge is 0.507 e. The van der Waals surface area contributed by atoms with Crippen LogP contribution in [-0.4, -0.2) is 30.6 Å². The van der Waals surface area contributed by atoms with Crippen LogP contribution in [0.5, 0.6) is 5.75 Å². The van der Waals surface area contributed by atoms with Gasteiger partial charge in [-0.1, -0.05) is 24.3 Å². The normalized spacial score (nSPS) is 10.8. The minimum absolute atomic E-state index is 0.0819. The van der Waals surface area contributed by atoms with Crippen molar-refractivity contribution in [1.82, 2.24) is 14.4 Å². The summed E-state index contributed by atoms with van der Waals surface area (Å²) in [5.74, 6) is -0.413. The third-order valence-corrected chi connectivity index (χ3v) is 4.00. The van der Waals surface area contributed by atoms with Gasteiger partial charge in [-0.25, -0.2) is 9.78 Å². The highest BCUT2D eigenvalue weighted by Gasteiger charge is 2.19. The van der Waals surface area contributed by atoms with Gasteiger partial charge in [0, 0.05) is 18.0 Å². The summed E-state index contributed by atoms with van der Waals surface area (Å²) in [7, 11) is 0. The number of imidazole rings is 1. The van der Waals surface area contributed by atoms with E-state index in [4.69, 9.17) is 0 Å². The molecule has 2 aromatic heterocycles. The Morgan fingerprint density at radius 3 is 2.65 bits per heavy atom. The maximum absolute atomic E-state index is 11.5. The molecule has 3 N–H and O–H groups in total. The monoisotopic (exact) mass is 346 g/mol. The number of phenolic OH excluding ortho intramolecular Hbond substituents is 1. The van der Waals surface area contributed by atoms with Crippen LogP contribution >= 0.6 is 0 Å². The van der Waals surface area contributed by atoms with Gasteiger partial charge in [-0.3, -0.25) is 9.38 Å². The lowest BCUT2D eigenvalue weighted by atomic mass is 10.1. The molecule has 7 heteroatoms. The number of phenols is 1. The Morgan fingerprint density at radius 2 is 1.85 bits per heavy atom. The number of carboxylic acids is 1. The van der Waals surface area contributed by atoms with Crippen molar-refractivity contribution in [2.75, 3.05) is 5.32 Å². The van der Waals surface area contributed by atoms with Crippen molar-refractivity contribution in [1.29, 1.82) is 0 Å². The van der Waals surface area contributed by atoms with E-state index in [2.05, 4.69) is 15.3 Å². The van der Waals surface area contributed by atoms with E-state index in [1.165, 1.54) is 6.07 Å². The van der Waals surface area contributed by atoms with Gasteiger partial charge in [-0.05, 0) is 24.3 Å². The fourth-order valence-corrected chi connectivity index (χ4v) is 2.79. The number of aromatic carboxylic acids is 1. The molecule has 0 radical (unpaired) electrons. The summed E-state index contributed by atoms with van der Waals surface area (Å²) in [4.78, 5) is 20.1. The second kappa shape index (κ2) is 6.21. The molecule has 0 saturated carbocycles. The Balaban J connectivity index is 1.94. The highest BCUT2D eigenvalue weighted by molar-refractivity contribution is 5.96. The molecule has 0 aliphatic carbocycles. The van der Waals surface area contributed by atoms with Gasteiger partial charge >= 0.3 is 5.97 Å². The van der Waals surface area contributed by atoms with E-state index in [0.29, 0.717) is 28.4 Å². The van der Waals surface area contributed by atoms with Crippen LogP contribution in [0.4, 0.5) is 11.5 Å². The number of nitrogens with one attached hydrogen (secondary N) is 1. The van der Waals surface area contributed by atoms with Crippen molar-refractivity contribution in [3.8, 4) is 17.0 Å². The predicted octanol–water partition coefficient (Wildman–Crippen LogP) is 3.54. The van der Waals surface area contributed by atoms with E-state index < -0.39 is 5.97 Å². The number of para-hydroxylation sites is 2. The zero-order valence-electron chi connectivity index (χ0n) is 13.5. The average molecular weight is 346 g/mol. The maximum atomic E-state index is 11.5. The van der Waals surface area contributed by atoms with Gasteiger partial charge in [0.05, 0.1) is 17.4 Å². The summed E-state index contributed by atoms with van der Waals surface area (Å²) in [5.41, 5.74) is 2.17. The molecule has 0 amide bonds. The predicted molar refractivity (Wildman–Crippen MR) is 96.8 cm³/mol. The fourth-order valence-electron chi connectivity index (χ4n) is 2.79. The zero-order chi connectivity index (χ0) is 18.1. The number of carboxylic acid groups (broad SMARTS) is 1. The van der Waals surface area contributed by atoms with E-state index in [9.17, 15) is 15.0 Å². The molecule has 0 spiro atoms. The van der Waals surface area contributed by atoms with Gasteiger partial charge in [0.25, 0.3) is 0 Å². The van der Waals surface area contributed by atoms with Gasteiger partial charge in [-0.15, -0.1) is 0 Å². The molecular formula is C19H14N4O3. The molecule has 128 valence electrons. The van der Waals surface area contributed by atoms with Gasteiger partial charge in [0.1, 0.15) is 17.3 Å². The highest BCUT2D eigenvalue weighted by atomic mass is 16.4. The van der Waals surface area contributed by atoms with E-state index in [-0.39, 0.29) is 11.3 Å². The van der Waals surface area contributed by atoms with E-state index in [1.807, 2.05) is 0 Å². The van der Waals surface area contributed by atoms with Gasteiger partial charge in [0.15, 0.2) is 5.65 Å². The first kappa shape index (κ1) is 15.6. The number of rotatable bonds is 4. The lowest BCUT2D eigenvalue weighted by Crippen LogP contribution is -2.04. The van der Waals surface area contributed by atoms with Crippen molar-refractivity contribution in [3.05, 3.63) is 72.7 Å². The number of nitrogens with zero attached hydrogens (tertiary/aromatic N) is 3. The van der Waals surface area contributed by atoms with Crippen LogP contribution in [0.2, 0.25) is 0 Å². The number of carbonyl (C=O) groups is 1. The van der Waals surface area contributed by atoms with E-state index >= 15 is 0 Å². The van der Waals surface area contributed by atoms with Crippen LogP contribution < -0.4 is 5.32 Å². The van der Waals surface area contributed by atoms with E-state index in [1.54, 1.807) is 65.5 Å². The Kier molecular flexibility index (Phi) is 3.74. The van der Waals surface area contributed by atoms with Crippen LogP contribution in [0.3, 0.4) is 0 Å². The maximum Gasteiger partial charge on any atom is 0.337 e. The molecule has 4 aromatic rings. The number of benzene rings is 2. The molecular weight excluding hydrogens is 332 g/mol. The van der Waals surface area contributed by atoms with Crippen molar-refractivity contribution in [2.24, 2.45) is 0 Å². The molecule has 4 rings (SSSR count). The second-order valence-electron chi connectivity index (χ2n) is 5.61. The van der Waals surface area contributed by atoms with Crippen molar-refractivity contribution in [3.63, 3.8) is 0 Å². The topological polar surface area (TPSA) is 99.8 Å². The molecule has 0 fully saturated rings. The minimum Gasteiger partial charge on any atom is -0.507 e. The first-order chi connectivity index (χ1) is 12.6. The SMILES string of the molecule is O=C(O)c1ccccc1Nc1c(-c2ccccc2O)nc2cnccn12. The Hall–Kier alpha value is -3.87. The number of aromatic hydroxyl groups is 1. The smallest absolute Gasteiger partial charge is 0.337 e. The summed E-state index contributed by atoms with van der Waals surface area (Å²) in [6.07, 6.45) is 4.92. The highest BCUT2D eigenvalue weighted by Crippen LogP contribution is 2.36. The molecule has 0 bridgehead atoms. The summed E-state index contributed by atoms with van der Waals surface area (Å²) < 4.78 is 1.76. The molecule has 0 aliphatic heterocycles. The zero-order valence-corrected chi connectivity index (χ0v) is 13.5. The lowest BCUT2D eigenvalue weighted by Gasteiger charge is -2.11. The van der Waals surface area contributed by atoms with E-state index in [0.717, 1.165) is 0 Å². The Morgan fingerprint density at radius 1 is 1.08 bits per heavy atom. The first-order valence-electron chi connectivity index (χ1n) is 7.85. The summed E-state index contributed by atoms with van der Waals surface area (Å²) in [6.45, 7) is 0. The molecule has 0 atom stereocenters. The number of aromatic nitrogens is 3. The summed E-state index contributed by atoms with van der Waals surface area (Å²) in [6, 6.07) is 13.5. The standard InChI is InChI=1S/C19H14N4O3/c24-15-8-4-2-6-13(15)17-18(23-10-9-20-11-16(23)22-17)21-14-7-3-1-5-12(14)19(25)26/h1-11,21,24H,(H,25,26). The minimum atomic E-state index is -1.03. The molecule has 2 heterocycles. The molecule has 2 aromatic carbocycles. The third kappa shape index (κ3) is 2.61. The summed E-state index contributed by atoms with van der Waals surface area (Å²) in [5, 5.41) is 22.8. The number of hydrogen-bond donors (Lipinski definition) is 3.